The highest BCUT2D eigenvalue weighted by Crippen LogP contribution is 2.41. The minimum Gasteiger partial charge on any atom is -0.478 e. The molecular weight excluding hydrogens is 262 g/mol. The summed E-state index contributed by atoms with van der Waals surface area (Å²) in [5, 5.41) is 9.26. The van der Waals surface area contributed by atoms with Gasteiger partial charge in [-0.1, -0.05) is 37.6 Å². The van der Waals surface area contributed by atoms with Crippen LogP contribution in [0.3, 0.4) is 0 Å². The summed E-state index contributed by atoms with van der Waals surface area (Å²) in [6.07, 6.45) is 4.31. The number of carboxylic acid groups (broad SMARTS) is 1. The van der Waals surface area contributed by atoms with E-state index in [2.05, 4.69) is 36.2 Å². The molecule has 1 aromatic carbocycles. The van der Waals surface area contributed by atoms with Gasteiger partial charge in [0.2, 0.25) is 0 Å². The summed E-state index contributed by atoms with van der Waals surface area (Å²) < 4.78 is 0. The van der Waals surface area contributed by atoms with Gasteiger partial charge >= 0.3 is 5.97 Å². The Morgan fingerprint density at radius 2 is 1.90 bits per heavy atom. The zero-order valence-electron chi connectivity index (χ0n) is 12.2. The molecule has 0 amide bonds. The number of carboxylic acids is 1. The molecule has 0 unspecified atom stereocenters. The Labute approximate surface area is 124 Å². The highest BCUT2D eigenvalue weighted by Gasteiger charge is 2.30. The second-order valence-electron chi connectivity index (χ2n) is 5.66. The van der Waals surface area contributed by atoms with Crippen molar-refractivity contribution in [3.05, 3.63) is 53.2 Å². The number of aryl methyl sites for hydroxylation is 1. The van der Waals surface area contributed by atoms with Gasteiger partial charge in [0, 0.05) is 11.5 Å². The number of carbonyl (C=O) groups is 1. The van der Waals surface area contributed by atoms with Crippen molar-refractivity contribution in [3.63, 3.8) is 0 Å². The summed E-state index contributed by atoms with van der Waals surface area (Å²) in [4.78, 5) is 15.9. The lowest BCUT2D eigenvalue weighted by molar-refractivity contribution is 0.0695. The van der Waals surface area contributed by atoms with Crippen LogP contribution in [-0.4, -0.2) is 16.1 Å². The molecule has 1 aliphatic carbocycles. The van der Waals surface area contributed by atoms with Crippen LogP contribution in [-0.2, 0) is 6.42 Å². The molecule has 1 aliphatic rings. The third-order valence-electron chi connectivity index (χ3n) is 3.91. The van der Waals surface area contributed by atoms with Gasteiger partial charge in [-0.05, 0) is 37.0 Å². The third-order valence-corrected chi connectivity index (χ3v) is 3.91. The molecule has 108 valence electrons. The zero-order chi connectivity index (χ0) is 14.8. The van der Waals surface area contributed by atoms with E-state index in [1.54, 1.807) is 6.07 Å². The normalized spacial score (nSPS) is 14.1. The predicted molar refractivity (Wildman–Crippen MR) is 82.6 cm³/mol. The number of aromatic nitrogens is 1. The van der Waals surface area contributed by atoms with Gasteiger partial charge in [-0.15, -0.1) is 0 Å². The maximum absolute atomic E-state index is 11.3. The van der Waals surface area contributed by atoms with Gasteiger partial charge in [0.15, 0.2) is 0 Å². The SMILES string of the molecule is CCCc1ccc(-c2ccc(C(=O)O)c(C3CC3)n2)cc1. The fourth-order valence-electron chi connectivity index (χ4n) is 2.62. The van der Waals surface area contributed by atoms with Crippen molar-refractivity contribution in [2.75, 3.05) is 0 Å². The monoisotopic (exact) mass is 281 g/mol. The quantitative estimate of drug-likeness (QED) is 0.890. The summed E-state index contributed by atoms with van der Waals surface area (Å²) >= 11 is 0. The van der Waals surface area contributed by atoms with Crippen LogP contribution >= 0.6 is 0 Å². The van der Waals surface area contributed by atoms with E-state index < -0.39 is 5.97 Å². The largest absolute Gasteiger partial charge is 0.478 e. The minimum absolute atomic E-state index is 0.329. The molecule has 1 N–H and O–H groups in total. The molecule has 0 atom stereocenters. The summed E-state index contributed by atoms with van der Waals surface area (Å²) in [5.74, 6) is -0.551. The van der Waals surface area contributed by atoms with Crippen molar-refractivity contribution >= 4 is 5.97 Å². The van der Waals surface area contributed by atoms with Gasteiger partial charge < -0.3 is 5.11 Å². The third kappa shape index (κ3) is 2.97. The van der Waals surface area contributed by atoms with Gasteiger partial charge in [-0.3, -0.25) is 4.98 Å². The molecule has 3 heteroatoms. The van der Waals surface area contributed by atoms with Crippen LogP contribution in [0.15, 0.2) is 36.4 Å². The Balaban J connectivity index is 1.95. The molecule has 1 fully saturated rings. The summed E-state index contributed by atoms with van der Waals surface area (Å²) in [6, 6.07) is 11.9. The highest BCUT2D eigenvalue weighted by atomic mass is 16.4. The Kier molecular flexibility index (Phi) is 3.74. The van der Waals surface area contributed by atoms with Gasteiger partial charge in [-0.2, -0.15) is 0 Å². The maximum atomic E-state index is 11.3. The van der Waals surface area contributed by atoms with E-state index in [0.717, 1.165) is 42.6 Å². The molecule has 21 heavy (non-hydrogen) atoms. The van der Waals surface area contributed by atoms with E-state index in [1.165, 1.54) is 5.56 Å². The first-order valence-electron chi connectivity index (χ1n) is 7.52. The van der Waals surface area contributed by atoms with E-state index >= 15 is 0 Å². The van der Waals surface area contributed by atoms with Crippen molar-refractivity contribution in [2.24, 2.45) is 0 Å². The van der Waals surface area contributed by atoms with Crippen LogP contribution in [0.25, 0.3) is 11.3 Å². The van der Waals surface area contributed by atoms with Crippen molar-refractivity contribution in [1.82, 2.24) is 4.98 Å². The van der Waals surface area contributed by atoms with E-state index in [9.17, 15) is 9.90 Å². The van der Waals surface area contributed by atoms with Crippen LogP contribution in [0.4, 0.5) is 0 Å². The molecule has 1 heterocycles. The Morgan fingerprint density at radius 3 is 2.48 bits per heavy atom. The average molecular weight is 281 g/mol. The van der Waals surface area contributed by atoms with Gasteiger partial charge in [-0.25, -0.2) is 4.79 Å². The molecule has 0 bridgehead atoms. The van der Waals surface area contributed by atoms with Gasteiger partial charge in [0.25, 0.3) is 0 Å². The van der Waals surface area contributed by atoms with Crippen LogP contribution in [0.5, 0.6) is 0 Å². The number of nitrogens with zero attached hydrogens (tertiary/aromatic N) is 1. The van der Waals surface area contributed by atoms with Crippen molar-refractivity contribution in [1.29, 1.82) is 0 Å². The van der Waals surface area contributed by atoms with Crippen molar-refractivity contribution in [3.8, 4) is 11.3 Å². The fraction of sp³-hybridized carbons (Fsp3) is 0.333. The number of rotatable bonds is 5. The number of hydrogen-bond donors (Lipinski definition) is 1. The van der Waals surface area contributed by atoms with Crippen molar-refractivity contribution < 1.29 is 9.90 Å². The van der Waals surface area contributed by atoms with E-state index in [0.29, 0.717) is 11.5 Å². The Hall–Kier alpha value is -2.16. The second kappa shape index (κ2) is 5.68. The maximum Gasteiger partial charge on any atom is 0.337 e. The van der Waals surface area contributed by atoms with Crippen LogP contribution < -0.4 is 0 Å². The Bertz CT molecular complexity index is 657. The predicted octanol–water partition coefficient (Wildman–Crippen LogP) is 4.28. The fourth-order valence-corrected chi connectivity index (χ4v) is 2.62. The molecule has 0 spiro atoms. The highest BCUT2D eigenvalue weighted by molar-refractivity contribution is 5.89. The molecule has 3 rings (SSSR count). The first-order valence-corrected chi connectivity index (χ1v) is 7.52. The Morgan fingerprint density at radius 1 is 1.19 bits per heavy atom. The van der Waals surface area contributed by atoms with Crippen LogP contribution in [0.2, 0.25) is 0 Å². The summed E-state index contributed by atoms with van der Waals surface area (Å²) in [5.41, 5.74) is 4.34. The summed E-state index contributed by atoms with van der Waals surface area (Å²) in [7, 11) is 0. The number of hydrogen-bond acceptors (Lipinski definition) is 2. The summed E-state index contributed by atoms with van der Waals surface area (Å²) in [6.45, 7) is 2.17. The molecular formula is C18H19NO2. The van der Waals surface area contributed by atoms with E-state index in [-0.39, 0.29) is 0 Å². The number of pyridine rings is 1. The molecule has 2 aromatic rings. The lowest BCUT2D eigenvalue weighted by Crippen LogP contribution is -2.04. The number of aromatic carboxylic acids is 1. The smallest absolute Gasteiger partial charge is 0.337 e. The van der Waals surface area contributed by atoms with E-state index in [1.807, 2.05) is 6.07 Å². The van der Waals surface area contributed by atoms with Gasteiger partial charge in [0.05, 0.1) is 17.0 Å². The van der Waals surface area contributed by atoms with E-state index in [4.69, 9.17) is 0 Å². The lowest BCUT2D eigenvalue weighted by Gasteiger charge is -2.08. The molecule has 0 aliphatic heterocycles. The molecule has 0 radical (unpaired) electrons. The first kappa shape index (κ1) is 13.8. The van der Waals surface area contributed by atoms with Crippen LogP contribution in [0.1, 0.15) is 53.7 Å². The number of benzene rings is 1. The standard InChI is InChI=1S/C18H19NO2/c1-2-3-12-4-6-13(7-5-12)16-11-10-15(18(20)21)17(19-16)14-8-9-14/h4-7,10-11,14H,2-3,8-9H2,1H3,(H,20,21). The topological polar surface area (TPSA) is 50.2 Å². The zero-order valence-corrected chi connectivity index (χ0v) is 12.2. The lowest BCUT2D eigenvalue weighted by atomic mass is 10.0. The molecule has 1 saturated carbocycles. The average Bonchev–Trinajstić information content (AvgIpc) is 3.32. The molecule has 0 saturated heterocycles. The molecule has 1 aromatic heterocycles. The minimum atomic E-state index is -0.880. The van der Waals surface area contributed by atoms with Crippen LogP contribution in [0, 0.1) is 0 Å². The molecule has 3 nitrogen and oxygen atoms in total. The van der Waals surface area contributed by atoms with Crippen molar-refractivity contribution in [2.45, 2.75) is 38.5 Å². The van der Waals surface area contributed by atoms with Gasteiger partial charge in [0.1, 0.15) is 0 Å². The first-order chi connectivity index (χ1) is 10.2. The second-order valence-corrected chi connectivity index (χ2v) is 5.66.